The third-order valence-corrected chi connectivity index (χ3v) is 6.28. The van der Waals surface area contributed by atoms with Crippen molar-refractivity contribution in [2.75, 3.05) is 11.9 Å². The summed E-state index contributed by atoms with van der Waals surface area (Å²) < 4.78 is 14.2. The van der Waals surface area contributed by atoms with Crippen molar-refractivity contribution in [3.63, 3.8) is 0 Å². The van der Waals surface area contributed by atoms with Crippen LogP contribution in [0, 0.1) is 12.7 Å². The molecule has 0 unspecified atom stereocenters. The minimum Gasteiger partial charge on any atom is -0.368 e. The van der Waals surface area contributed by atoms with Crippen LogP contribution in [-0.4, -0.2) is 32.6 Å². The molecule has 1 aliphatic carbocycles. The summed E-state index contributed by atoms with van der Waals surface area (Å²) in [4.78, 5) is 20.4. The molecule has 0 spiro atoms. The summed E-state index contributed by atoms with van der Waals surface area (Å²) in [7, 11) is 0. The van der Waals surface area contributed by atoms with Gasteiger partial charge in [-0.1, -0.05) is 6.42 Å². The third-order valence-electron chi connectivity index (χ3n) is 5.08. The molecule has 3 aromatic rings. The predicted molar refractivity (Wildman–Crippen MR) is 105 cm³/mol. The van der Waals surface area contributed by atoms with Crippen LogP contribution in [0.4, 0.5) is 10.2 Å². The van der Waals surface area contributed by atoms with Crippen molar-refractivity contribution in [1.29, 1.82) is 0 Å². The Kier molecular flexibility index (Phi) is 4.76. The average molecular weight is 398 g/mol. The Bertz CT molecular complexity index is 1020. The number of thiazole rings is 1. The fourth-order valence-corrected chi connectivity index (χ4v) is 4.30. The number of nitrogens with zero attached hydrogens (tertiary/aromatic N) is 4. The number of amides is 1. The molecule has 0 atom stereocenters. The number of aromatic nitrogens is 4. The number of nitrogens with one attached hydrogen (secondary N) is 1. The zero-order chi connectivity index (χ0) is 19.7. The first-order valence-corrected chi connectivity index (χ1v) is 9.76. The zero-order valence-corrected chi connectivity index (χ0v) is 16.1. The van der Waals surface area contributed by atoms with Gasteiger partial charge < -0.3 is 11.1 Å². The largest absolute Gasteiger partial charge is 0.368 e. The molecule has 0 aromatic carbocycles. The SMILES string of the molecule is Cc1nc(-c2ccc(NCC3(c4ncccc4F)CCC3)nn2)sc1C(N)=O. The highest BCUT2D eigenvalue weighted by Gasteiger charge is 2.41. The fourth-order valence-electron chi connectivity index (χ4n) is 3.41. The van der Waals surface area contributed by atoms with E-state index in [9.17, 15) is 9.18 Å². The van der Waals surface area contributed by atoms with E-state index in [2.05, 4.69) is 25.5 Å². The number of halogens is 1. The van der Waals surface area contributed by atoms with Gasteiger partial charge in [0.05, 0.1) is 11.4 Å². The van der Waals surface area contributed by atoms with Crippen molar-refractivity contribution in [2.45, 2.75) is 31.6 Å². The number of hydrogen-bond acceptors (Lipinski definition) is 7. The summed E-state index contributed by atoms with van der Waals surface area (Å²) in [5.41, 5.74) is 6.69. The summed E-state index contributed by atoms with van der Waals surface area (Å²) in [6.45, 7) is 2.27. The summed E-state index contributed by atoms with van der Waals surface area (Å²) >= 11 is 1.20. The Labute approximate surface area is 165 Å². The van der Waals surface area contributed by atoms with E-state index in [1.807, 2.05) is 0 Å². The first kappa shape index (κ1) is 18.4. The number of pyridine rings is 1. The van der Waals surface area contributed by atoms with E-state index < -0.39 is 5.91 Å². The molecule has 1 aliphatic rings. The van der Waals surface area contributed by atoms with Crippen molar-refractivity contribution in [1.82, 2.24) is 20.2 Å². The Morgan fingerprint density at radius 2 is 2.14 bits per heavy atom. The maximum atomic E-state index is 14.2. The lowest BCUT2D eigenvalue weighted by atomic mass is 9.66. The van der Waals surface area contributed by atoms with Crippen LogP contribution in [0.15, 0.2) is 30.5 Å². The number of nitrogens with two attached hydrogens (primary N) is 1. The van der Waals surface area contributed by atoms with Gasteiger partial charge in [-0.2, -0.15) is 0 Å². The first-order chi connectivity index (χ1) is 13.5. The van der Waals surface area contributed by atoms with Gasteiger partial charge in [0.25, 0.3) is 5.91 Å². The Morgan fingerprint density at radius 3 is 2.71 bits per heavy atom. The van der Waals surface area contributed by atoms with E-state index >= 15 is 0 Å². The van der Waals surface area contributed by atoms with Crippen LogP contribution in [0.2, 0.25) is 0 Å². The summed E-state index contributed by atoms with van der Waals surface area (Å²) in [6, 6.07) is 6.64. The number of rotatable bonds is 6. The van der Waals surface area contributed by atoms with Crippen LogP contribution < -0.4 is 11.1 Å². The van der Waals surface area contributed by atoms with Gasteiger partial charge >= 0.3 is 0 Å². The molecule has 3 aromatic heterocycles. The number of carbonyl (C=O) groups is 1. The van der Waals surface area contributed by atoms with Crippen molar-refractivity contribution >= 4 is 23.1 Å². The lowest BCUT2D eigenvalue weighted by molar-refractivity contribution is 0.100. The van der Waals surface area contributed by atoms with Crippen LogP contribution in [-0.2, 0) is 5.41 Å². The lowest BCUT2D eigenvalue weighted by Gasteiger charge is -2.41. The lowest BCUT2D eigenvalue weighted by Crippen LogP contribution is -2.42. The van der Waals surface area contributed by atoms with Gasteiger partial charge in [0, 0.05) is 18.2 Å². The number of hydrogen-bond donors (Lipinski definition) is 2. The van der Waals surface area contributed by atoms with Gasteiger partial charge in [-0.05, 0) is 44.0 Å². The van der Waals surface area contributed by atoms with Crippen LogP contribution in [0.25, 0.3) is 10.7 Å². The van der Waals surface area contributed by atoms with Crippen LogP contribution in [0.3, 0.4) is 0 Å². The Balaban J connectivity index is 1.48. The molecule has 7 nitrogen and oxygen atoms in total. The minimum absolute atomic E-state index is 0.269. The quantitative estimate of drug-likeness (QED) is 0.661. The maximum absolute atomic E-state index is 14.2. The number of aryl methyl sites for hydroxylation is 1. The zero-order valence-electron chi connectivity index (χ0n) is 15.3. The maximum Gasteiger partial charge on any atom is 0.260 e. The molecule has 3 heterocycles. The Morgan fingerprint density at radius 1 is 1.32 bits per heavy atom. The molecule has 28 heavy (non-hydrogen) atoms. The van der Waals surface area contributed by atoms with Crippen LogP contribution in [0.5, 0.6) is 0 Å². The number of anilines is 1. The molecular weight excluding hydrogens is 379 g/mol. The molecule has 9 heteroatoms. The second kappa shape index (κ2) is 7.23. The predicted octanol–water partition coefficient (Wildman–Crippen LogP) is 3.08. The summed E-state index contributed by atoms with van der Waals surface area (Å²) in [6.07, 6.45) is 4.44. The number of carbonyl (C=O) groups excluding carboxylic acids is 1. The third kappa shape index (κ3) is 3.33. The van der Waals surface area contributed by atoms with E-state index in [4.69, 9.17) is 5.73 Å². The van der Waals surface area contributed by atoms with E-state index in [0.29, 0.717) is 39.3 Å². The van der Waals surface area contributed by atoms with Crippen molar-refractivity contribution in [2.24, 2.45) is 5.73 Å². The Hall–Kier alpha value is -2.94. The van der Waals surface area contributed by atoms with Crippen molar-refractivity contribution in [3.8, 4) is 10.7 Å². The summed E-state index contributed by atoms with van der Waals surface area (Å²) in [5, 5.41) is 12.2. The highest BCUT2D eigenvalue weighted by atomic mass is 32.1. The molecule has 0 saturated heterocycles. The van der Waals surface area contributed by atoms with E-state index in [-0.39, 0.29) is 11.2 Å². The number of primary amides is 1. The molecule has 1 fully saturated rings. The van der Waals surface area contributed by atoms with Gasteiger partial charge in [0.15, 0.2) is 0 Å². The molecular formula is C19H19FN6OS. The normalized spacial score (nSPS) is 15.1. The minimum atomic E-state index is -0.500. The average Bonchev–Trinajstić information content (AvgIpc) is 3.05. The van der Waals surface area contributed by atoms with E-state index in [0.717, 1.165) is 19.3 Å². The van der Waals surface area contributed by atoms with E-state index in [1.165, 1.54) is 17.4 Å². The van der Waals surface area contributed by atoms with Crippen molar-refractivity contribution < 1.29 is 9.18 Å². The fraction of sp³-hybridized carbons (Fsp3) is 0.316. The smallest absolute Gasteiger partial charge is 0.260 e. The first-order valence-electron chi connectivity index (χ1n) is 8.95. The molecule has 0 aliphatic heterocycles. The second-order valence-electron chi connectivity index (χ2n) is 6.92. The van der Waals surface area contributed by atoms with Gasteiger partial charge in [-0.25, -0.2) is 9.37 Å². The van der Waals surface area contributed by atoms with Gasteiger partial charge in [0.1, 0.15) is 27.2 Å². The highest BCUT2D eigenvalue weighted by Crippen LogP contribution is 2.43. The molecule has 0 bridgehead atoms. The van der Waals surface area contributed by atoms with E-state index in [1.54, 1.807) is 31.3 Å². The molecule has 4 rings (SSSR count). The molecule has 1 amide bonds. The highest BCUT2D eigenvalue weighted by molar-refractivity contribution is 7.17. The second-order valence-corrected chi connectivity index (χ2v) is 7.92. The van der Waals surface area contributed by atoms with Gasteiger partial charge in [-0.3, -0.25) is 9.78 Å². The van der Waals surface area contributed by atoms with Crippen molar-refractivity contribution in [3.05, 3.63) is 52.5 Å². The van der Waals surface area contributed by atoms with Crippen LogP contribution >= 0.6 is 11.3 Å². The molecule has 1 saturated carbocycles. The standard InChI is InChI=1S/C19H19FN6OS/c1-11-15(17(21)27)28-18(24-11)13-5-6-14(26-25-13)23-10-19(7-3-8-19)16-12(20)4-2-9-22-16/h2,4-6,9H,3,7-8,10H2,1H3,(H2,21,27)(H,23,26). The topological polar surface area (TPSA) is 107 Å². The summed E-state index contributed by atoms with van der Waals surface area (Å²) in [5.74, 6) is -0.176. The monoisotopic (exact) mass is 398 g/mol. The van der Waals surface area contributed by atoms with Crippen LogP contribution in [0.1, 0.15) is 40.3 Å². The molecule has 144 valence electrons. The molecule has 0 radical (unpaired) electrons. The van der Waals surface area contributed by atoms with Gasteiger partial charge in [0.2, 0.25) is 0 Å². The van der Waals surface area contributed by atoms with Gasteiger partial charge in [-0.15, -0.1) is 21.5 Å². The molecule has 3 N–H and O–H groups in total.